The molecular formula is C30H36N4O6S. The van der Waals surface area contributed by atoms with Crippen molar-refractivity contribution in [2.75, 3.05) is 23.7 Å². The van der Waals surface area contributed by atoms with Crippen LogP contribution in [0.5, 0.6) is 0 Å². The number of nitrogens with zero attached hydrogens (tertiary/aromatic N) is 3. The van der Waals surface area contributed by atoms with Crippen molar-refractivity contribution in [3.63, 3.8) is 0 Å². The normalized spacial score (nSPS) is 11.9. The molecule has 0 saturated heterocycles. The number of nitro benzene ring substituents is 1. The molecule has 0 heterocycles. The third-order valence-corrected chi connectivity index (χ3v) is 7.85. The van der Waals surface area contributed by atoms with Crippen molar-refractivity contribution in [1.82, 2.24) is 10.2 Å². The highest BCUT2D eigenvalue weighted by Crippen LogP contribution is 2.24. The minimum atomic E-state index is -4.03. The van der Waals surface area contributed by atoms with Crippen molar-refractivity contribution in [3.05, 3.63) is 106 Å². The van der Waals surface area contributed by atoms with Crippen LogP contribution in [0.4, 0.5) is 11.4 Å². The van der Waals surface area contributed by atoms with E-state index in [2.05, 4.69) is 5.32 Å². The van der Waals surface area contributed by atoms with Crippen LogP contribution in [0.15, 0.2) is 78.9 Å². The zero-order chi connectivity index (χ0) is 30.0. The molecule has 0 bridgehead atoms. The molecule has 0 aliphatic heterocycles. The van der Waals surface area contributed by atoms with Crippen molar-refractivity contribution >= 4 is 33.2 Å². The highest BCUT2D eigenvalue weighted by molar-refractivity contribution is 7.92. The van der Waals surface area contributed by atoms with Gasteiger partial charge < -0.3 is 10.2 Å². The molecule has 218 valence electrons. The summed E-state index contributed by atoms with van der Waals surface area (Å²) in [4.78, 5) is 39.8. The zero-order valence-electron chi connectivity index (χ0n) is 23.5. The predicted octanol–water partition coefficient (Wildman–Crippen LogP) is 4.23. The SMILES string of the molecule is CCCCNC(=O)C(Cc1ccccc1)N(Cc1ccccc1C)C(=O)CN(c1cccc([N+](=O)[O-])c1)S(C)(=O)=O. The summed E-state index contributed by atoms with van der Waals surface area (Å²) in [5.74, 6) is -0.956. The first-order valence-corrected chi connectivity index (χ1v) is 15.2. The van der Waals surface area contributed by atoms with Crippen LogP contribution in [0, 0.1) is 17.0 Å². The van der Waals surface area contributed by atoms with Crippen LogP contribution in [-0.2, 0) is 32.6 Å². The van der Waals surface area contributed by atoms with Gasteiger partial charge in [-0.2, -0.15) is 0 Å². The van der Waals surface area contributed by atoms with E-state index >= 15 is 0 Å². The Hall–Kier alpha value is -4.25. The van der Waals surface area contributed by atoms with Crippen molar-refractivity contribution < 1.29 is 22.9 Å². The van der Waals surface area contributed by atoms with Crippen LogP contribution in [0.1, 0.15) is 36.5 Å². The Bertz CT molecular complexity index is 1460. The van der Waals surface area contributed by atoms with Crippen molar-refractivity contribution in [2.45, 2.75) is 45.7 Å². The molecule has 0 radical (unpaired) electrons. The summed E-state index contributed by atoms with van der Waals surface area (Å²) in [5, 5.41) is 14.3. The molecule has 2 amide bonds. The van der Waals surface area contributed by atoms with Gasteiger partial charge in [-0.05, 0) is 36.1 Å². The van der Waals surface area contributed by atoms with Gasteiger partial charge in [0.1, 0.15) is 12.6 Å². The number of amides is 2. The van der Waals surface area contributed by atoms with E-state index in [1.54, 1.807) is 0 Å². The van der Waals surface area contributed by atoms with Gasteiger partial charge in [0, 0.05) is 31.6 Å². The second-order valence-electron chi connectivity index (χ2n) is 9.84. The van der Waals surface area contributed by atoms with E-state index < -0.39 is 33.4 Å². The number of nitro groups is 1. The summed E-state index contributed by atoms with van der Waals surface area (Å²) in [5.41, 5.74) is 2.23. The number of unbranched alkanes of at least 4 members (excludes halogenated alkanes) is 1. The fourth-order valence-corrected chi connectivity index (χ4v) is 5.25. The molecule has 1 unspecified atom stereocenters. The Morgan fingerprint density at radius 3 is 2.32 bits per heavy atom. The third-order valence-electron chi connectivity index (χ3n) is 6.71. The molecule has 11 heteroatoms. The van der Waals surface area contributed by atoms with Crippen LogP contribution in [-0.4, -0.2) is 55.4 Å². The summed E-state index contributed by atoms with van der Waals surface area (Å²) in [6.07, 6.45) is 2.79. The molecule has 0 aliphatic rings. The molecule has 0 fully saturated rings. The van der Waals surface area contributed by atoms with E-state index in [0.29, 0.717) is 6.54 Å². The highest BCUT2D eigenvalue weighted by atomic mass is 32.2. The van der Waals surface area contributed by atoms with E-state index in [4.69, 9.17) is 0 Å². The van der Waals surface area contributed by atoms with Gasteiger partial charge in [0.2, 0.25) is 21.8 Å². The maximum atomic E-state index is 14.1. The monoisotopic (exact) mass is 580 g/mol. The van der Waals surface area contributed by atoms with Gasteiger partial charge in [-0.25, -0.2) is 8.42 Å². The fourth-order valence-electron chi connectivity index (χ4n) is 4.41. The van der Waals surface area contributed by atoms with Crippen LogP contribution in [0.2, 0.25) is 0 Å². The molecule has 3 aromatic rings. The van der Waals surface area contributed by atoms with Gasteiger partial charge in [-0.1, -0.05) is 74.0 Å². The number of non-ortho nitro benzene ring substituents is 1. The summed E-state index contributed by atoms with van der Waals surface area (Å²) in [6.45, 7) is 3.78. The quantitative estimate of drug-likeness (QED) is 0.173. The summed E-state index contributed by atoms with van der Waals surface area (Å²) in [7, 11) is -4.03. The zero-order valence-corrected chi connectivity index (χ0v) is 24.3. The molecule has 41 heavy (non-hydrogen) atoms. The lowest BCUT2D eigenvalue weighted by molar-refractivity contribution is -0.384. The average Bonchev–Trinajstić information content (AvgIpc) is 2.94. The lowest BCUT2D eigenvalue weighted by atomic mass is 10.0. The predicted molar refractivity (Wildman–Crippen MR) is 159 cm³/mol. The van der Waals surface area contributed by atoms with E-state index in [1.165, 1.54) is 23.1 Å². The second kappa shape index (κ2) is 14.4. The van der Waals surface area contributed by atoms with E-state index in [9.17, 15) is 28.1 Å². The Balaban J connectivity index is 2.06. The van der Waals surface area contributed by atoms with Crippen LogP contribution in [0.25, 0.3) is 0 Å². The van der Waals surface area contributed by atoms with Crippen molar-refractivity contribution in [2.24, 2.45) is 0 Å². The molecule has 3 aromatic carbocycles. The van der Waals surface area contributed by atoms with Gasteiger partial charge in [0.25, 0.3) is 5.69 Å². The van der Waals surface area contributed by atoms with Crippen molar-refractivity contribution in [3.8, 4) is 0 Å². The summed E-state index contributed by atoms with van der Waals surface area (Å²) < 4.78 is 26.6. The molecule has 10 nitrogen and oxygen atoms in total. The number of hydrogen-bond acceptors (Lipinski definition) is 6. The molecule has 3 rings (SSSR count). The molecular weight excluding hydrogens is 544 g/mol. The van der Waals surface area contributed by atoms with E-state index in [0.717, 1.165) is 46.2 Å². The number of benzene rings is 3. The maximum absolute atomic E-state index is 14.1. The maximum Gasteiger partial charge on any atom is 0.271 e. The number of nitrogens with one attached hydrogen (secondary N) is 1. The van der Waals surface area contributed by atoms with Crippen molar-refractivity contribution in [1.29, 1.82) is 0 Å². The Labute approximate surface area is 241 Å². The Kier molecular flexibility index (Phi) is 11.0. The number of hydrogen-bond donors (Lipinski definition) is 1. The lowest BCUT2D eigenvalue weighted by Crippen LogP contribution is -2.53. The van der Waals surface area contributed by atoms with Gasteiger partial charge in [0.15, 0.2) is 0 Å². The number of anilines is 1. The lowest BCUT2D eigenvalue weighted by Gasteiger charge is -2.33. The van der Waals surface area contributed by atoms with E-state index in [1.807, 2.05) is 68.4 Å². The molecule has 0 spiro atoms. The summed E-state index contributed by atoms with van der Waals surface area (Å²) in [6, 6.07) is 20.9. The van der Waals surface area contributed by atoms with E-state index in [-0.39, 0.29) is 30.2 Å². The second-order valence-corrected chi connectivity index (χ2v) is 11.8. The standard InChI is InChI=1S/C30H36N4O6S/c1-4-5-18-31-30(36)28(19-24-13-7-6-8-14-24)32(21-25-15-10-9-12-23(25)2)29(35)22-33(41(3,39)40)26-16-11-17-27(20-26)34(37)38/h6-17,20,28H,4-5,18-19,21-22H2,1-3H3,(H,31,36). The van der Waals surface area contributed by atoms with Crippen LogP contribution in [0.3, 0.4) is 0 Å². The molecule has 0 aliphatic carbocycles. The molecule has 0 saturated carbocycles. The van der Waals surface area contributed by atoms with Crippen LogP contribution < -0.4 is 9.62 Å². The fraction of sp³-hybridized carbons (Fsp3) is 0.333. The number of aryl methyl sites for hydroxylation is 1. The third kappa shape index (κ3) is 8.87. The smallest absolute Gasteiger partial charge is 0.271 e. The first kappa shape index (κ1) is 31.3. The largest absolute Gasteiger partial charge is 0.354 e. The van der Waals surface area contributed by atoms with Gasteiger partial charge >= 0.3 is 0 Å². The minimum Gasteiger partial charge on any atom is -0.354 e. The Morgan fingerprint density at radius 2 is 1.68 bits per heavy atom. The average molecular weight is 581 g/mol. The van der Waals surface area contributed by atoms with Crippen LogP contribution >= 0.6 is 0 Å². The topological polar surface area (TPSA) is 130 Å². The van der Waals surface area contributed by atoms with Gasteiger partial charge in [-0.15, -0.1) is 0 Å². The summed E-state index contributed by atoms with van der Waals surface area (Å²) >= 11 is 0. The number of sulfonamides is 1. The number of carbonyl (C=O) groups is 2. The van der Waals surface area contributed by atoms with Gasteiger partial charge in [-0.3, -0.25) is 24.0 Å². The highest BCUT2D eigenvalue weighted by Gasteiger charge is 2.33. The Morgan fingerprint density at radius 1 is 1.00 bits per heavy atom. The number of carbonyl (C=O) groups excluding carboxylic acids is 2. The minimum absolute atomic E-state index is 0.0158. The first-order chi connectivity index (χ1) is 19.5. The number of rotatable bonds is 14. The van der Waals surface area contributed by atoms with Gasteiger partial charge in [0.05, 0.1) is 16.9 Å². The first-order valence-electron chi connectivity index (χ1n) is 13.4. The molecule has 1 atom stereocenters. The molecule has 1 N–H and O–H groups in total. The molecule has 0 aromatic heterocycles.